The Bertz CT molecular complexity index is 233. The van der Waals surface area contributed by atoms with Crippen molar-refractivity contribution in [3.63, 3.8) is 0 Å². The smallest absolute Gasteiger partial charge is 0.176 e. The minimum atomic E-state index is 0.179. The van der Waals surface area contributed by atoms with Crippen LogP contribution in [-0.2, 0) is 0 Å². The second kappa shape index (κ2) is 4.98. The lowest BCUT2D eigenvalue weighted by Crippen LogP contribution is -1.95. The number of hydrogen-bond donors (Lipinski definition) is 0. The maximum Gasteiger partial charge on any atom is 0.176 e. The predicted octanol–water partition coefficient (Wildman–Crippen LogP) is 2.30. The van der Waals surface area contributed by atoms with Gasteiger partial charge in [-0.3, -0.25) is 4.79 Å². The normalized spacial score (nSPS) is 10.1. The molecule has 1 heterocycles. The van der Waals surface area contributed by atoms with E-state index in [1.54, 1.807) is 6.20 Å². The zero-order valence-corrected chi connectivity index (χ0v) is 7.93. The van der Waals surface area contributed by atoms with Crippen LogP contribution in [0.1, 0.15) is 42.3 Å². The molecule has 0 aromatic carbocycles. The van der Waals surface area contributed by atoms with E-state index in [-0.39, 0.29) is 5.78 Å². The molecule has 0 aliphatic rings. The van der Waals surface area contributed by atoms with Gasteiger partial charge in [-0.2, -0.15) is 0 Å². The molecule has 0 atom stereocenters. The van der Waals surface area contributed by atoms with Crippen LogP contribution in [0.25, 0.3) is 0 Å². The Morgan fingerprint density at radius 3 is 3.00 bits per heavy atom. The second-order valence-electron chi connectivity index (χ2n) is 2.66. The van der Waals surface area contributed by atoms with Crippen molar-refractivity contribution in [2.45, 2.75) is 32.6 Å². The van der Waals surface area contributed by atoms with Gasteiger partial charge < -0.3 is 0 Å². The van der Waals surface area contributed by atoms with Crippen LogP contribution in [0, 0.1) is 0 Å². The first-order valence-electron chi connectivity index (χ1n) is 4.15. The number of carbonyl (C=O) groups excluding carboxylic acids is 1. The van der Waals surface area contributed by atoms with Crippen molar-refractivity contribution in [1.29, 1.82) is 0 Å². The van der Waals surface area contributed by atoms with E-state index in [1.165, 1.54) is 11.5 Å². The number of carbonyl (C=O) groups is 1. The molecule has 1 aromatic rings. The first kappa shape index (κ1) is 9.32. The van der Waals surface area contributed by atoms with Gasteiger partial charge in [-0.05, 0) is 18.0 Å². The van der Waals surface area contributed by atoms with E-state index < -0.39 is 0 Å². The Balaban J connectivity index is 2.30. The summed E-state index contributed by atoms with van der Waals surface area (Å²) in [6, 6.07) is 0. The Kier molecular flexibility index (Phi) is 3.87. The third-order valence-corrected chi connectivity index (χ3v) is 2.35. The summed E-state index contributed by atoms with van der Waals surface area (Å²) in [7, 11) is 0. The van der Waals surface area contributed by atoms with E-state index in [2.05, 4.69) is 16.5 Å². The van der Waals surface area contributed by atoms with Crippen molar-refractivity contribution < 1.29 is 4.79 Å². The van der Waals surface area contributed by atoms with Crippen molar-refractivity contribution in [3.8, 4) is 0 Å². The minimum Gasteiger partial charge on any atom is -0.293 e. The number of hydrogen-bond acceptors (Lipinski definition) is 4. The molecule has 0 amide bonds. The van der Waals surface area contributed by atoms with Crippen LogP contribution in [-0.4, -0.2) is 15.4 Å². The van der Waals surface area contributed by atoms with Crippen LogP contribution >= 0.6 is 11.5 Å². The molecular weight excluding hydrogens is 172 g/mol. The summed E-state index contributed by atoms with van der Waals surface area (Å²) < 4.78 is 3.64. The van der Waals surface area contributed by atoms with E-state index >= 15 is 0 Å². The molecule has 0 N–H and O–H groups in total. The van der Waals surface area contributed by atoms with E-state index in [1.807, 2.05) is 0 Å². The van der Waals surface area contributed by atoms with E-state index in [0.717, 1.165) is 19.3 Å². The van der Waals surface area contributed by atoms with Gasteiger partial charge in [-0.25, -0.2) is 0 Å². The molecular formula is C8H12N2OS. The zero-order valence-electron chi connectivity index (χ0n) is 7.12. The summed E-state index contributed by atoms with van der Waals surface area (Å²) >= 11 is 1.18. The van der Waals surface area contributed by atoms with E-state index in [0.29, 0.717) is 11.3 Å². The van der Waals surface area contributed by atoms with Gasteiger partial charge in [0.15, 0.2) is 5.78 Å². The average molecular weight is 184 g/mol. The topological polar surface area (TPSA) is 42.9 Å². The maximum atomic E-state index is 11.3. The summed E-state index contributed by atoms with van der Waals surface area (Å²) in [5.41, 5.74) is 0. The SMILES string of the molecule is CCCCCC(=O)c1cnns1. The summed E-state index contributed by atoms with van der Waals surface area (Å²) in [5, 5.41) is 3.62. The quantitative estimate of drug-likeness (QED) is 0.521. The highest BCUT2D eigenvalue weighted by atomic mass is 32.1. The molecule has 0 fully saturated rings. The van der Waals surface area contributed by atoms with Gasteiger partial charge in [0, 0.05) is 6.42 Å². The Labute approximate surface area is 76.0 Å². The first-order chi connectivity index (χ1) is 5.84. The number of rotatable bonds is 5. The summed E-state index contributed by atoms with van der Waals surface area (Å²) in [4.78, 5) is 12.0. The molecule has 0 saturated heterocycles. The number of Topliss-reactive ketones (excluding diaryl/α,β-unsaturated/α-hetero) is 1. The van der Waals surface area contributed by atoms with Crippen LogP contribution in [0.5, 0.6) is 0 Å². The highest BCUT2D eigenvalue weighted by molar-refractivity contribution is 7.07. The molecule has 0 radical (unpaired) electrons. The molecule has 0 aliphatic heterocycles. The summed E-state index contributed by atoms with van der Waals surface area (Å²) in [5.74, 6) is 0.179. The lowest BCUT2D eigenvalue weighted by molar-refractivity contribution is 0.0983. The number of unbranched alkanes of at least 4 members (excludes halogenated alkanes) is 2. The number of ketones is 1. The number of nitrogens with zero attached hydrogens (tertiary/aromatic N) is 2. The molecule has 0 unspecified atom stereocenters. The average Bonchev–Trinajstić information content (AvgIpc) is 2.56. The molecule has 1 rings (SSSR count). The molecule has 66 valence electrons. The van der Waals surface area contributed by atoms with E-state index in [4.69, 9.17) is 0 Å². The van der Waals surface area contributed by atoms with Crippen molar-refractivity contribution >= 4 is 17.3 Å². The van der Waals surface area contributed by atoms with Gasteiger partial charge >= 0.3 is 0 Å². The first-order valence-corrected chi connectivity index (χ1v) is 4.92. The van der Waals surface area contributed by atoms with Crippen LogP contribution < -0.4 is 0 Å². The van der Waals surface area contributed by atoms with Gasteiger partial charge in [0.2, 0.25) is 0 Å². The molecule has 12 heavy (non-hydrogen) atoms. The molecule has 1 aromatic heterocycles. The fourth-order valence-electron chi connectivity index (χ4n) is 0.949. The zero-order chi connectivity index (χ0) is 8.81. The van der Waals surface area contributed by atoms with Crippen molar-refractivity contribution in [3.05, 3.63) is 11.1 Å². The van der Waals surface area contributed by atoms with E-state index in [9.17, 15) is 4.79 Å². The molecule has 0 saturated carbocycles. The highest BCUT2D eigenvalue weighted by Crippen LogP contribution is 2.09. The molecule has 0 bridgehead atoms. The molecule has 0 spiro atoms. The predicted molar refractivity (Wildman–Crippen MR) is 48.4 cm³/mol. The van der Waals surface area contributed by atoms with Gasteiger partial charge in [0.25, 0.3) is 0 Å². The summed E-state index contributed by atoms with van der Waals surface area (Å²) in [6.45, 7) is 2.12. The minimum absolute atomic E-state index is 0.179. The summed E-state index contributed by atoms with van der Waals surface area (Å²) in [6.07, 6.45) is 5.43. The van der Waals surface area contributed by atoms with Crippen molar-refractivity contribution in [1.82, 2.24) is 9.59 Å². The van der Waals surface area contributed by atoms with Crippen LogP contribution in [0.15, 0.2) is 6.20 Å². The third kappa shape index (κ3) is 2.70. The second-order valence-corrected chi connectivity index (χ2v) is 3.45. The molecule has 0 aliphatic carbocycles. The third-order valence-electron chi connectivity index (χ3n) is 1.64. The largest absolute Gasteiger partial charge is 0.293 e. The van der Waals surface area contributed by atoms with Gasteiger partial charge in [0.1, 0.15) is 4.88 Å². The van der Waals surface area contributed by atoms with Crippen LogP contribution in [0.2, 0.25) is 0 Å². The Morgan fingerprint density at radius 1 is 1.58 bits per heavy atom. The standard InChI is InChI=1S/C8H12N2OS/c1-2-3-4-5-7(11)8-6-9-10-12-8/h6H,2-5H2,1H3. The van der Waals surface area contributed by atoms with Gasteiger partial charge in [0.05, 0.1) is 6.20 Å². The van der Waals surface area contributed by atoms with Crippen LogP contribution in [0.4, 0.5) is 0 Å². The van der Waals surface area contributed by atoms with Crippen molar-refractivity contribution in [2.75, 3.05) is 0 Å². The highest BCUT2D eigenvalue weighted by Gasteiger charge is 2.06. The van der Waals surface area contributed by atoms with Gasteiger partial charge in [-0.15, -0.1) is 5.10 Å². The molecule has 4 heteroatoms. The lowest BCUT2D eigenvalue weighted by Gasteiger charge is -1.94. The fraction of sp³-hybridized carbons (Fsp3) is 0.625. The van der Waals surface area contributed by atoms with Crippen LogP contribution in [0.3, 0.4) is 0 Å². The Hall–Kier alpha value is -0.770. The monoisotopic (exact) mass is 184 g/mol. The van der Waals surface area contributed by atoms with Crippen molar-refractivity contribution in [2.24, 2.45) is 0 Å². The maximum absolute atomic E-state index is 11.3. The van der Waals surface area contributed by atoms with Gasteiger partial charge in [-0.1, -0.05) is 24.3 Å². The lowest BCUT2D eigenvalue weighted by atomic mass is 10.1. The fourth-order valence-corrected chi connectivity index (χ4v) is 1.43. The molecule has 3 nitrogen and oxygen atoms in total. The Morgan fingerprint density at radius 2 is 2.42 bits per heavy atom. The number of aromatic nitrogens is 2.